The molecule has 1 aliphatic rings. The molecule has 0 saturated carbocycles. The summed E-state index contributed by atoms with van der Waals surface area (Å²) in [6.07, 6.45) is 1.58. The van der Waals surface area contributed by atoms with Crippen molar-refractivity contribution >= 4 is 5.91 Å². The molecule has 1 aromatic carbocycles. The Labute approximate surface area is 120 Å². The van der Waals surface area contributed by atoms with Gasteiger partial charge in [-0.25, -0.2) is 0 Å². The molecule has 1 heterocycles. The third-order valence-corrected chi connectivity index (χ3v) is 3.71. The molecule has 4 heteroatoms. The number of likely N-dealkylation sites (tertiary alicyclic amines) is 1. The van der Waals surface area contributed by atoms with E-state index in [2.05, 4.69) is 0 Å². The lowest BCUT2D eigenvalue weighted by atomic mass is 9.95. The van der Waals surface area contributed by atoms with E-state index < -0.39 is 5.60 Å². The maximum atomic E-state index is 12.1. The zero-order valence-electron chi connectivity index (χ0n) is 12.5. The van der Waals surface area contributed by atoms with Gasteiger partial charge in [-0.15, -0.1) is 0 Å². The number of piperidine rings is 1. The van der Waals surface area contributed by atoms with Gasteiger partial charge in [-0.05, 0) is 45.2 Å². The van der Waals surface area contributed by atoms with Crippen molar-refractivity contribution in [1.29, 1.82) is 0 Å². The van der Waals surface area contributed by atoms with Crippen molar-refractivity contribution < 1.29 is 14.6 Å². The molecule has 1 amide bonds. The van der Waals surface area contributed by atoms with Gasteiger partial charge < -0.3 is 14.7 Å². The minimum atomic E-state index is -0.770. The fourth-order valence-corrected chi connectivity index (χ4v) is 2.62. The van der Waals surface area contributed by atoms with Crippen molar-refractivity contribution in [3.63, 3.8) is 0 Å². The van der Waals surface area contributed by atoms with E-state index in [0.29, 0.717) is 13.1 Å². The number of nitrogens with zero attached hydrogens (tertiary/aromatic N) is 1. The number of carbonyl (C=O) groups excluding carboxylic acids is 1. The van der Waals surface area contributed by atoms with Crippen LogP contribution in [0, 0.1) is 13.8 Å². The van der Waals surface area contributed by atoms with Crippen LogP contribution >= 0.6 is 0 Å². The fourth-order valence-electron chi connectivity index (χ4n) is 2.62. The minimum Gasteiger partial charge on any atom is -0.484 e. The second kappa shape index (κ2) is 5.83. The number of aryl methyl sites for hydroxylation is 2. The van der Waals surface area contributed by atoms with Crippen LogP contribution in [0.4, 0.5) is 0 Å². The van der Waals surface area contributed by atoms with Gasteiger partial charge in [0.25, 0.3) is 5.91 Å². The van der Waals surface area contributed by atoms with Crippen molar-refractivity contribution in [2.24, 2.45) is 0 Å². The molecule has 0 aromatic heterocycles. The van der Waals surface area contributed by atoms with Crippen molar-refractivity contribution in [2.75, 3.05) is 19.7 Å². The Bertz CT molecular complexity index is 496. The van der Waals surface area contributed by atoms with Crippen LogP contribution in [0.3, 0.4) is 0 Å². The van der Waals surface area contributed by atoms with E-state index in [4.69, 9.17) is 4.74 Å². The number of aliphatic hydroxyl groups is 1. The van der Waals surface area contributed by atoms with E-state index in [1.54, 1.807) is 11.8 Å². The largest absolute Gasteiger partial charge is 0.484 e. The molecule has 1 unspecified atom stereocenters. The Balaban J connectivity index is 1.92. The summed E-state index contributed by atoms with van der Waals surface area (Å²) in [4.78, 5) is 13.8. The topological polar surface area (TPSA) is 49.8 Å². The number of benzene rings is 1. The van der Waals surface area contributed by atoms with Gasteiger partial charge in [-0.2, -0.15) is 0 Å². The number of rotatable bonds is 3. The molecule has 2 rings (SSSR count). The van der Waals surface area contributed by atoms with Crippen LogP contribution in [-0.2, 0) is 4.79 Å². The Hall–Kier alpha value is -1.55. The number of β-amino-alcohol motifs (C(OH)–C–C–N with tert-alkyl or cyclic N) is 1. The Morgan fingerprint density at radius 1 is 1.45 bits per heavy atom. The summed E-state index contributed by atoms with van der Waals surface area (Å²) in [5, 5.41) is 10.0. The highest BCUT2D eigenvalue weighted by molar-refractivity contribution is 5.78. The molecular formula is C16H23NO3. The molecule has 1 fully saturated rings. The highest BCUT2D eigenvalue weighted by Crippen LogP contribution is 2.21. The summed E-state index contributed by atoms with van der Waals surface area (Å²) in [7, 11) is 0. The predicted molar refractivity (Wildman–Crippen MR) is 77.8 cm³/mol. The minimum absolute atomic E-state index is 0.0278. The van der Waals surface area contributed by atoms with Crippen molar-refractivity contribution in [2.45, 2.75) is 39.2 Å². The Morgan fingerprint density at radius 3 is 2.85 bits per heavy atom. The van der Waals surface area contributed by atoms with Crippen LogP contribution in [0.5, 0.6) is 5.75 Å². The molecule has 0 radical (unpaired) electrons. The zero-order valence-corrected chi connectivity index (χ0v) is 12.5. The second-order valence-electron chi connectivity index (χ2n) is 5.97. The average molecular weight is 277 g/mol. The van der Waals surface area contributed by atoms with E-state index in [-0.39, 0.29) is 12.5 Å². The van der Waals surface area contributed by atoms with Crippen molar-refractivity contribution in [1.82, 2.24) is 4.90 Å². The molecule has 1 N–H and O–H groups in total. The van der Waals surface area contributed by atoms with Crippen LogP contribution in [0.1, 0.15) is 30.9 Å². The standard InChI is InChI=1S/C16H23NO3/c1-12-5-6-14(13(2)9-12)20-10-15(18)17-8-4-7-16(3,19)11-17/h5-6,9,19H,4,7-8,10-11H2,1-3H3. The molecule has 1 aliphatic heterocycles. The number of carbonyl (C=O) groups is 1. The summed E-state index contributed by atoms with van der Waals surface area (Å²) < 4.78 is 5.60. The second-order valence-corrected chi connectivity index (χ2v) is 5.97. The van der Waals surface area contributed by atoms with Crippen molar-refractivity contribution in [3.05, 3.63) is 29.3 Å². The lowest BCUT2D eigenvalue weighted by Crippen LogP contribution is -2.49. The third-order valence-electron chi connectivity index (χ3n) is 3.71. The molecule has 20 heavy (non-hydrogen) atoms. The van der Waals surface area contributed by atoms with Crippen LogP contribution < -0.4 is 4.74 Å². The van der Waals surface area contributed by atoms with Gasteiger partial charge in [-0.3, -0.25) is 4.79 Å². The molecule has 1 aromatic rings. The smallest absolute Gasteiger partial charge is 0.260 e. The first kappa shape index (κ1) is 14.9. The quantitative estimate of drug-likeness (QED) is 0.920. The highest BCUT2D eigenvalue weighted by atomic mass is 16.5. The summed E-state index contributed by atoms with van der Waals surface area (Å²) in [6.45, 7) is 6.89. The van der Waals surface area contributed by atoms with Gasteiger partial charge in [0.1, 0.15) is 5.75 Å². The SMILES string of the molecule is Cc1ccc(OCC(=O)N2CCCC(C)(O)C2)c(C)c1. The van der Waals surface area contributed by atoms with Gasteiger partial charge in [0.2, 0.25) is 0 Å². The number of hydrogen-bond acceptors (Lipinski definition) is 3. The average Bonchev–Trinajstić information content (AvgIpc) is 2.36. The van der Waals surface area contributed by atoms with Gasteiger partial charge >= 0.3 is 0 Å². The van der Waals surface area contributed by atoms with Crippen LogP contribution in [0.25, 0.3) is 0 Å². The van der Waals surface area contributed by atoms with Gasteiger partial charge in [-0.1, -0.05) is 17.7 Å². The first-order valence-corrected chi connectivity index (χ1v) is 7.08. The molecule has 4 nitrogen and oxygen atoms in total. The van der Waals surface area contributed by atoms with E-state index >= 15 is 0 Å². The third kappa shape index (κ3) is 3.73. The Morgan fingerprint density at radius 2 is 2.20 bits per heavy atom. The monoisotopic (exact) mass is 277 g/mol. The molecular weight excluding hydrogens is 254 g/mol. The maximum Gasteiger partial charge on any atom is 0.260 e. The van der Waals surface area contributed by atoms with E-state index in [9.17, 15) is 9.90 Å². The first-order chi connectivity index (χ1) is 9.37. The lowest BCUT2D eigenvalue weighted by molar-refractivity contribution is -0.139. The number of amides is 1. The molecule has 1 atom stereocenters. The Kier molecular flexibility index (Phi) is 4.33. The van der Waals surface area contributed by atoms with Crippen LogP contribution in [-0.4, -0.2) is 41.2 Å². The van der Waals surface area contributed by atoms with E-state index in [0.717, 1.165) is 24.2 Å². The molecule has 0 aliphatic carbocycles. The summed E-state index contributed by atoms with van der Waals surface area (Å²) in [5.41, 5.74) is 1.44. The molecule has 110 valence electrons. The predicted octanol–water partition coefficient (Wildman–Crippen LogP) is 2.06. The van der Waals surface area contributed by atoms with E-state index in [1.165, 1.54) is 5.56 Å². The van der Waals surface area contributed by atoms with Crippen LogP contribution in [0.15, 0.2) is 18.2 Å². The van der Waals surface area contributed by atoms with Gasteiger partial charge in [0, 0.05) is 13.1 Å². The summed E-state index contributed by atoms with van der Waals surface area (Å²) in [6, 6.07) is 5.90. The lowest BCUT2D eigenvalue weighted by Gasteiger charge is -2.36. The van der Waals surface area contributed by atoms with Gasteiger partial charge in [0.05, 0.1) is 5.60 Å². The maximum absolute atomic E-state index is 12.1. The molecule has 1 saturated heterocycles. The summed E-state index contributed by atoms with van der Waals surface area (Å²) >= 11 is 0. The first-order valence-electron chi connectivity index (χ1n) is 7.08. The highest BCUT2D eigenvalue weighted by Gasteiger charge is 2.30. The summed E-state index contributed by atoms with van der Waals surface area (Å²) in [5.74, 6) is 0.678. The molecule has 0 bridgehead atoms. The molecule has 0 spiro atoms. The zero-order chi connectivity index (χ0) is 14.8. The normalized spacial score (nSPS) is 22.7. The van der Waals surface area contributed by atoms with Crippen LogP contribution in [0.2, 0.25) is 0 Å². The number of ether oxygens (including phenoxy) is 1. The van der Waals surface area contributed by atoms with E-state index in [1.807, 2.05) is 32.0 Å². The van der Waals surface area contributed by atoms with Crippen molar-refractivity contribution in [3.8, 4) is 5.75 Å². The fraction of sp³-hybridized carbons (Fsp3) is 0.562. The van der Waals surface area contributed by atoms with Gasteiger partial charge in [0.15, 0.2) is 6.61 Å². The number of hydrogen-bond donors (Lipinski definition) is 1.